The van der Waals surface area contributed by atoms with E-state index in [1.807, 2.05) is 35.2 Å². The van der Waals surface area contributed by atoms with Gasteiger partial charge in [-0.25, -0.2) is 9.78 Å². The third kappa shape index (κ3) is 4.03. The normalized spacial score (nSPS) is 14.7. The van der Waals surface area contributed by atoms with Crippen LogP contribution in [0.15, 0.2) is 48.7 Å². The number of aromatic nitrogens is 1. The number of para-hydroxylation sites is 1. The number of rotatable bonds is 3. The predicted molar refractivity (Wildman–Crippen MR) is 93.5 cm³/mol. The molecule has 1 aromatic heterocycles. The van der Waals surface area contributed by atoms with E-state index in [2.05, 4.69) is 10.3 Å². The van der Waals surface area contributed by atoms with Gasteiger partial charge in [0.1, 0.15) is 6.54 Å². The van der Waals surface area contributed by atoms with E-state index in [-0.39, 0.29) is 11.7 Å². The zero-order chi connectivity index (χ0) is 17.6. The molecule has 2 N–H and O–H groups in total. The summed E-state index contributed by atoms with van der Waals surface area (Å²) in [5.41, 5.74) is 0.797. The number of hydrogen-bond acceptors (Lipinski definition) is 4. The first kappa shape index (κ1) is 16.7. The van der Waals surface area contributed by atoms with Crippen LogP contribution in [-0.2, 0) is 0 Å². The van der Waals surface area contributed by atoms with E-state index in [0.717, 1.165) is 12.1 Å². The molecule has 8 heteroatoms. The van der Waals surface area contributed by atoms with Crippen molar-refractivity contribution in [3.05, 3.63) is 58.8 Å². The van der Waals surface area contributed by atoms with E-state index < -0.39 is 4.92 Å². The minimum Gasteiger partial charge on any atom is -0.320 e. The summed E-state index contributed by atoms with van der Waals surface area (Å²) in [4.78, 5) is 29.9. The molecular formula is C17H20N5O3+. The highest BCUT2D eigenvalue weighted by Crippen LogP contribution is 2.23. The smallest absolute Gasteiger partial charge is 0.320 e. The Morgan fingerprint density at radius 3 is 2.64 bits per heavy atom. The average molecular weight is 342 g/mol. The van der Waals surface area contributed by atoms with Crippen molar-refractivity contribution in [2.45, 2.75) is 6.42 Å². The van der Waals surface area contributed by atoms with E-state index in [1.54, 1.807) is 17.2 Å². The number of pyridine rings is 1. The second kappa shape index (κ2) is 7.61. The lowest BCUT2D eigenvalue weighted by Gasteiger charge is -2.20. The molecule has 0 bridgehead atoms. The second-order valence-electron chi connectivity index (χ2n) is 5.78. The summed E-state index contributed by atoms with van der Waals surface area (Å²) in [6.45, 7) is 2.29. The van der Waals surface area contributed by atoms with Gasteiger partial charge in [0, 0.05) is 24.7 Å². The van der Waals surface area contributed by atoms with Crippen molar-refractivity contribution in [3.63, 3.8) is 0 Å². The quantitative estimate of drug-likeness (QED) is 0.683. The molecule has 0 saturated carbocycles. The summed E-state index contributed by atoms with van der Waals surface area (Å²) < 4.78 is 0. The molecule has 0 aliphatic carbocycles. The van der Waals surface area contributed by atoms with Gasteiger partial charge in [0.05, 0.1) is 24.2 Å². The molecule has 1 fully saturated rings. The Hall–Kier alpha value is -3.16. The number of carbonyl (C=O) groups is 1. The largest absolute Gasteiger partial charge is 0.357 e. The summed E-state index contributed by atoms with van der Waals surface area (Å²) in [6, 6.07) is 12.2. The highest BCUT2D eigenvalue weighted by atomic mass is 16.6. The number of nitrogens with one attached hydrogen (secondary N) is 2. The minimum atomic E-state index is -0.392. The first-order valence-electron chi connectivity index (χ1n) is 8.16. The van der Waals surface area contributed by atoms with Crippen LogP contribution in [-0.4, -0.2) is 42.0 Å². The molecule has 8 nitrogen and oxygen atoms in total. The molecule has 0 atom stereocenters. The predicted octanol–water partition coefficient (Wildman–Crippen LogP) is 2.15. The number of aromatic amines is 1. The number of hydrogen-bond donors (Lipinski definition) is 1. The maximum Gasteiger partial charge on any atom is 0.357 e. The van der Waals surface area contributed by atoms with E-state index in [9.17, 15) is 14.9 Å². The zero-order valence-electron chi connectivity index (χ0n) is 13.7. The fourth-order valence-corrected chi connectivity index (χ4v) is 2.89. The SMILES string of the molecule is O=C(Nc1ccccc1)N1CCCN(c2[nH+]cccc2[N+](=O)[O-])CC1. The van der Waals surface area contributed by atoms with Crippen molar-refractivity contribution >= 4 is 23.2 Å². The average Bonchev–Trinajstić information content (AvgIpc) is 2.88. The molecule has 0 spiro atoms. The lowest BCUT2D eigenvalue weighted by molar-refractivity contribution is -0.411. The van der Waals surface area contributed by atoms with Gasteiger partial charge in [-0.05, 0) is 18.2 Å². The van der Waals surface area contributed by atoms with Crippen molar-refractivity contribution in [2.24, 2.45) is 0 Å². The summed E-state index contributed by atoms with van der Waals surface area (Å²) in [5, 5.41) is 14.1. The Bertz CT molecular complexity index is 753. The Kier molecular flexibility index (Phi) is 5.08. The van der Waals surface area contributed by atoms with E-state index in [4.69, 9.17) is 0 Å². The standard InChI is InChI=1S/C17H19N5O3/c23-17(19-14-6-2-1-3-7-14)21-11-5-10-20(12-13-21)16-15(22(24)25)8-4-9-18-16/h1-4,6-9H,5,10-13H2,(H,19,23)/p+1. The topological polar surface area (TPSA) is 92.9 Å². The van der Waals surface area contributed by atoms with Gasteiger partial charge in [0.15, 0.2) is 0 Å². The molecule has 1 aliphatic heterocycles. The zero-order valence-corrected chi connectivity index (χ0v) is 13.7. The summed E-state index contributed by atoms with van der Waals surface area (Å²) >= 11 is 0. The van der Waals surface area contributed by atoms with Gasteiger partial charge >= 0.3 is 17.5 Å². The molecule has 0 radical (unpaired) electrons. The highest BCUT2D eigenvalue weighted by Gasteiger charge is 2.30. The maximum atomic E-state index is 12.4. The van der Waals surface area contributed by atoms with Crippen LogP contribution in [0.4, 0.5) is 22.0 Å². The highest BCUT2D eigenvalue weighted by molar-refractivity contribution is 5.89. The number of benzene rings is 1. The van der Waals surface area contributed by atoms with Gasteiger partial charge in [-0.2, -0.15) is 0 Å². The molecule has 25 heavy (non-hydrogen) atoms. The Morgan fingerprint density at radius 2 is 1.88 bits per heavy atom. The minimum absolute atomic E-state index is 0.0460. The van der Waals surface area contributed by atoms with Crippen molar-refractivity contribution in [2.75, 3.05) is 36.4 Å². The number of amides is 2. The molecule has 0 unspecified atom stereocenters. The monoisotopic (exact) mass is 342 g/mol. The van der Waals surface area contributed by atoms with Crippen molar-refractivity contribution in [1.82, 2.24) is 4.90 Å². The van der Waals surface area contributed by atoms with Gasteiger partial charge in [0.2, 0.25) is 0 Å². The van der Waals surface area contributed by atoms with E-state index in [0.29, 0.717) is 32.0 Å². The van der Waals surface area contributed by atoms with Crippen LogP contribution in [0.25, 0.3) is 0 Å². The number of nitro groups is 1. The maximum absolute atomic E-state index is 12.4. The van der Waals surface area contributed by atoms with Crippen molar-refractivity contribution in [3.8, 4) is 0 Å². The molecule has 2 heterocycles. The molecule has 1 aromatic carbocycles. The first-order chi connectivity index (χ1) is 12.1. The molecule has 1 aliphatic rings. The number of nitrogens with zero attached hydrogens (tertiary/aromatic N) is 3. The molecule has 1 saturated heterocycles. The summed E-state index contributed by atoms with van der Waals surface area (Å²) in [6.07, 6.45) is 2.41. The Balaban J connectivity index is 1.66. The van der Waals surface area contributed by atoms with Crippen LogP contribution in [0.3, 0.4) is 0 Å². The number of urea groups is 1. The molecule has 130 valence electrons. The van der Waals surface area contributed by atoms with Crippen LogP contribution in [0.1, 0.15) is 6.42 Å². The molecule has 3 rings (SSSR count). The van der Waals surface area contributed by atoms with Crippen LogP contribution in [0.2, 0.25) is 0 Å². The first-order valence-corrected chi connectivity index (χ1v) is 8.16. The van der Waals surface area contributed by atoms with Crippen molar-refractivity contribution < 1.29 is 14.7 Å². The van der Waals surface area contributed by atoms with Gasteiger partial charge < -0.3 is 10.2 Å². The van der Waals surface area contributed by atoms with Crippen LogP contribution in [0.5, 0.6) is 0 Å². The number of H-pyrrole nitrogens is 1. The van der Waals surface area contributed by atoms with E-state index in [1.165, 1.54) is 6.07 Å². The van der Waals surface area contributed by atoms with Crippen molar-refractivity contribution in [1.29, 1.82) is 0 Å². The van der Waals surface area contributed by atoms with Crippen LogP contribution >= 0.6 is 0 Å². The van der Waals surface area contributed by atoms with Gasteiger partial charge in [-0.3, -0.25) is 15.0 Å². The molecule has 2 amide bonds. The lowest BCUT2D eigenvalue weighted by Crippen LogP contribution is -2.39. The fourth-order valence-electron chi connectivity index (χ4n) is 2.89. The summed E-state index contributed by atoms with van der Waals surface area (Å²) in [5.74, 6) is 0.484. The fraction of sp³-hybridized carbons (Fsp3) is 0.294. The molecule has 2 aromatic rings. The van der Waals surface area contributed by atoms with Crippen LogP contribution in [0, 0.1) is 10.1 Å². The lowest BCUT2D eigenvalue weighted by atomic mass is 10.3. The van der Waals surface area contributed by atoms with Crippen LogP contribution < -0.4 is 15.2 Å². The second-order valence-corrected chi connectivity index (χ2v) is 5.78. The Morgan fingerprint density at radius 1 is 1.08 bits per heavy atom. The molecular weight excluding hydrogens is 322 g/mol. The van der Waals surface area contributed by atoms with Gasteiger partial charge in [0.25, 0.3) is 0 Å². The third-order valence-electron chi connectivity index (χ3n) is 4.13. The Labute approximate surface area is 145 Å². The third-order valence-corrected chi connectivity index (χ3v) is 4.13. The number of carbonyl (C=O) groups excluding carboxylic acids is 1. The van der Waals surface area contributed by atoms with Gasteiger partial charge in [-0.15, -0.1) is 0 Å². The van der Waals surface area contributed by atoms with E-state index >= 15 is 0 Å². The van der Waals surface area contributed by atoms with Gasteiger partial charge in [-0.1, -0.05) is 18.2 Å². The number of anilines is 2. The summed E-state index contributed by atoms with van der Waals surface area (Å²) in [7, 11) is 0.